The van der Waals surface area contributed by atoms with Gasteiger partial charge < -0.3 is 0 Å². The number of alkyl halides is 1. The van der Waals surface area contributed by atoms with Gasteiger partial charge >= 0.3 is 0 Å². The SMILES string of the molecule is CCC(Cl)CNS(=O)(=O)c1ccc(C)s1. The summed E-state index contributed by atoms with van der Waals surface area (Å²) >= 11 is 7.10. The fourth-order valence-electron chi connectivity index (χ4n) is 0.972. The van der Waals surface area contributed by atoms with Gasteiger partial charge in [-0.15, -0.1) is 22.9 Å². The summed E-state index contributed by atoms with van der Waals surface area (Å²) in [6.45, 7) is 4.07. The van der Waals surface area contributed by atoms with E-state index in [0.29, 0.717) is 4.21 Å². The molecule has 1 rings (SSSR count). The van der Waals surface area contributed by atoms with Gasteiger partial charge in [0, 0.05) is 16.8 Å². The van der Waals surface area contributed by atoms with Crippen molar-refractivity contribution in [1.82, 2.24) is 4.72 Å². The smallest absolute Gasteiger partial charge is 0.209 e. The summed E-state index contributed by atoms with van der Waals surface area (Å²) in [5.41, 5.74) is 0. The largest absolute Gasteiger partial charge is 0.250 e. The first kappa shape index (κ1) is 13.0. The normalized spacial score (nSPS) is 14.1. The molecule has 15 heavy (non-hydrogen) atoms. The van der Waals surface area contributed by atoms with E-state index in [-0.39, 0.29) is 11.9 Å². The maximum Gasteiger partial charge on any atom is 0.250 e. The van der Waals surface area contributed by atoms with Crippen molar-refractivity contribution in [1.29, 1.82) is 0 Å². The Morgan fingerprint density at radius 3 is 2.67 bits per heavy atom. The van der Waals surface area contributed by atoms with E-state index in [2.05, 4.69) is 4.72 Å². The molecule has 1 atom stereocenters. The molecule has 1 N–H and O–H groups in total. The molecule has 6 heteroatoms. The monoisotopic (exact) mass is 267 g/mol. The number of sulfonamides is 1. The first-order valence-corrected chi connectivity index (χ1v) is 7.39. The van der Waals surface area contributed by atoms with Crippen molar-refractivity contribution < 1.29 is 8.42 Å². The molecule has 1 unspecified atom stereocenters. The standard InChI is InChI=1S/C9H14ClNO2S2/c1-3-8(10)6-11-15(12,13)9-5-4-7(2)14-9/h4-5,8,11H,3,6H2,1-2H3. The lowest BCUT2D eigenvalue weighted by atomic mass is 10.3. The zero-order valence-electron chi connectivity index (χ0n) is 8.66. The van der Waals surface area contributed by atoms with Gasteiger partial charge in [-0.05, 0) is 25.5 Å². The number of hydrogen-bond donors (Lipinski definition) is 1. The van der Waals surface area contributed by atoms with Crippen LogP contribution in [0.15, 0.2) is 16.3 Å². The lowest BCUT2D eigenvalue weighted by Crippen LogP contribution is -2.29. The van der Waals surface area contributed by atoms with Crippen LogP contribution < -0.4 is 4.72 Å². The molecule has 0 aliphatic carbocycles. The highest BCUT2D eigenvalue weighted by Crippen LogP contribution is 2.20. The summed E-state index contributed by atoms with van der Waals surface area (Å²) in [7, 11) is -3.36. The average Bonchev–Trinajstić information content (AvgIpc) is 2.62. The highest BCUT2D eigenvalue weighted by Gasteiger charge is 2.16. The van der Waals surface area contributed by atoms with E-state index in [1.165, 1.54) is 11.3 Å². The zero-order chi connectivity index (χ0) is 11.5. The third kappa shape index (κ3) is 3.75. The quantitative estimate of drug-likeness (QED) is 0.833. The lowest BCUT2D eigenvalue weighted by Gasteiger charge is -2.07. The van der Waals surface area contributed by atoms with Crippen LogP contribution in [0, 0.1) is 6.92 Å². The Labute approximate surface area is 99.5 Å². The van der Waals surface area contributed by atoms with E-state index in [4.69, 9.17) is 11.6 Å². The Morgan fingerprint density at radius 2 is 2.20 bits per heavy atom. The first-order valence-electron chi connectivity index (χ1n) is 4.66. The zero-order valence-corrected chi connectivity index (χ0v) is 11.0. The van der Waals surface area contributed by atoms with Crippen LogP contribution in [0.5, 0.6) is 0 Å². The van der Waals surface area contributed by atoms with Crippen LogP contribution >= 0.6 is 22.9 Å². The molecule has 0 saturated heterocycles. The third-order valence-corrected chi connectivity index (χ3v) is 5.30. The molecule has 0 saturated carbocycles. The summed E-state index contributed by atoms with van der Waals surface area (Å²) in [4.78, 5) is 0.980. The summed E-state index contributed by atoms with van der Waals surface area (Å²) in [5.74, 6) is 0. The number of halogens is 1. The minimum Gasteiger partial charge on any atom is -0.209 e. The topological polar surface area (TPSA) is 46.2 Å². The second kappa shape index (κ2) is 5.30. The molecule has 0 bridgehead atoms. The van der Waals surface area contributed by atoms with Crippen LogP contribution in [-0.4, -0.2) is 20.3 Å². The van der Waals surface area contributed by atoms with E-state index in [9.17, 15) is 8.42 Å². The Morgan fingerprint density at radius 1 is 1.53 bits per heavy atom. The van der Waals surface area contributed by atoms with E-state index >= 15 is 0 Å². The average molecular weight is 268 g/mol. The molecular weight excluding hydrogens is 254 g/mol. The fraction of sp³-hybridized carbons (Fsp3) is 0.556. The summed E-state index contributed by atoms with van der Waals surface area (Å²) in [6, 6.07) is 3.40. The van der Waals surface area contributed by atoms with E-state index in [1.807, 2.05) is 13.8 Å². The predicted molar refractivity (Wildman–Crippen MR) is 64.2 cm³/mol. The number of hydrogen-bond acceptors (Lipinski definition) is 3. The van der Waals surface area contributed by atoms with Crippen molar-refractivity contribution in [2.75, 3.05) is 6.54 Å². The van der Waals surface area contributed by atoms with Crippen molar-refractivity contribution in [3.05, 3.63) is 17.0 Å². The van der Waals surface area contributed by atoms with Crippen molar-refractivity contribution in [2.24, 2.45) is 0 Å². The summed E-state index contributed by atoms with van der Waals surface area (Å²) in [5, 5.41) is -0.152. The molecule has 0 fully saturated rings. The van der Waals surface area contributed by atoms with Crippen molar-refractivity contribution in [3.8, 4) is 0 Å². The molecule has 0 spiro atoms. The van der Waals surface area contributed by atoms with Crippen LogP contribution in [0.4, 0.5) is 0 Å². The number of nitrogens with one attached hydrogen (secondary N) is 1. The number of rotatable bonds is 5. The van der Waals surface area contributed by atoms with Crippen molar-refractivity contribution in [2.45, 2.75) is 29.9 Å². The highest BCUT2D eigenvalue weighted by atomic mass is 35.5. The maximum absolute atomic E-state index is 11.7. The molecule has 0 amide bonds. The summed E-state index contributed by atoms with van der Waals surface area (Å²) in [6.07, 6.45) is 0.744. The number of aryl methyl sites for hydroxylation is 1. The third-order valence-electron chi connectivity index (χ3n) is 1.92. The van der Waals surface area contributed by atoms with Gasteiger partial charge in [0.15, 0.2) is 0 Å². The van der Waals surface area contributed by atoms with Crippen molar-refractivity contribution in [3.63, 3.8) is 0 Å². The molecule has 1 heterocycles. The van der Waals surface area contributed by atoms with Gasteiger partial charge in [-0.2, -0.15) is 0 Å². The molecule has 3 nitrogen and oxygen atoms in total. The highest BCUT2D eigenvalue weighted by molar-refractivity contribution is 7.91. The maximum atomic E-state index is 11.7. The van der Waals surface area contributed by atoms with E-state index in [1.54, 1.807) is 12.1 Å². The molecule has 0 aliphatic heterocycles. The van der Waals surface area contributed by atoms with Gasteiger partial charge in [0.25, 0.3) is 0 Å². The van der Waals surface area contributed by atoms with Crippen LogP contribution in [-0.2, 0) is 10.0 Å². The van der Waals surface area contributed by atoms with Crippen molar-refractivity contribution >= 4 is 33.0 Å². The summed E-state index contributed by atoms with van der Waals surface area (Å²) < 4.78 is 26.3. The Kier molecular flexibility index (Phi) is 4.58. The van der Waals surface area contributed by atoms with Gasteiger partial charge in [-0.25, -0.2) is 13.1 Å². The minimum absolute atomic E-state index is 0.152. The van der Waals surface area contributed by atoms with Crippen LogP contribution in [0.25, 0.3) is 0 Å². The second-order valence-electron chi connectivity index (χ2n) is 3.22. The first-order chi connectivity index (χ1) is 6.95. The van der Waals surface area contributed by atoms with E-state index < -0.39 is 10.0 Å². The van der Waals surface area contributed by atoms with Gasteiger partial charge in [-0.3, -0.25) is 0 Å². The minimum atomic E-state index is -3.36. The lowest BCUT2D eigenvalue weighted by molar-refractivity contribution is 0.581. The Hall–Kier alpha value is -0.100. The fourth-order valence-corrected chi connectivity index (χ4v) is 3.55. The molecule has 86 valence electrons. The molecule has 0 aliphatic rings. The van der Waals surface area contributed by atoms with Crippen LogP contribution in [0.3, 0.4) is 0 Å². The van der Waals surface area contributed by atoms with Crippen LogP contribution in [0.1, 0.15) is 18.2 Å². The van der Waals surface area contributed by atoms with Crippen LogP contribution in [0.2, 0.25) is 0 Å². The Bertz CT molecular complexity index is 414. The molecule has 1 aromatic rings. The predicted octanol–water partition coefficient (Wildman–Crippen LogP) is 2.35. The Balaban J connectivity index is 2.68. The second-order valence-corrected chi connectivity index (χ2v) is 7.12. The molecule has 1 aromatic heterocycles. The van der Waals surface area contributed by atoms with Gasteiger partial charge in [0.2, 0.25) is 10.0 Å². The molecular formula is C9H14ClNO2S2. The van der Waals surface area contributed by atoms with Gasteiger partial charge in [-0.1, -0.05) is 6.92 Å². The van der Waals surface area contributed by atoms with Gasteiger partial charge in [0.1, 0.15) is 4.21 Å². The molecule has 0 radical (unpaired) electrons. The van der Waals surface area contributed by atoms with Gasteiger partial charge in [0.05, 0.1) is 0 Å². The molecule has 0 aromatic carbocycles. The number of thiophene rings is 1. The van der Waals surface area contributed by atoms with E-state index in [0.717, 1.165) is 11.3 Å².